The average Bonchev–Trinajstić information content (AvgIpc) is 2.91. The predicted octanol–water partition coefficient (Wildman–Crippen LogP) is 5.26. The van der Waals surface area contributed by atoms with Crippen molar-refractivity contribution < 1.29 is 8.97 Å². The fourth-order valence-corrected chi connectivity index (χ4v) is 7.65. The largest absolute Gasteiger partial charge is 0.321 e. The molecule has 144 valence electrons. The fourth-order valence-electron chi connectivity index (χ4n) is 7.65. The van der Waals surface area contributed by atoms with Crippen molar-refractivity contribution >= 4 is 0 Å². The maximum Gasteiger partial charge on any atom is 0.0892 e. The molecule has 0 aliphatic carbocycles. The number of hydrogen-bond acceptors (Lipinski definition) is 0. The van der Waals surface area contributed by atoms with Crippen LogP contribution in [0.2, 0.25) is 0 Å². The molecule has 4 aliphatic heterocycles. The second kappa shape index (κ2) is 7.50. The van der Waals surface area contributed by atoms with E-state index in [-0.39, 0.29) is 0 Å². The number of fused-ring (bicyclic) bond motifs is 4. The van der Waals surface area contributed by atoms with E-state index in [0.29, 0.717) is 0 Å². The van der Waals surface area contributed by atoms with Crippen molar-refractivity contribution in [2.24, 2.45) is 0 Å². The molecular weight excluding hydrogens is 304 g/mol. The highest BCUT2D eigenvalue weighted by Crippen LogP contribution is 2.42. The van der Waals surface area contributed by atoms with Crippen LogP contribution in [0.25, 0.3) is 0 Å². The molecule has 2 unspecified atom stereocenters. The fraction of sp³-hybridized carbons (Fsp3) is 1.00. The molecule has 0 aromatic carbocycles. The van der Waals surface area contributed by atoms with E-state index in [4.69, 9.17) is 0 Å². The molecule has 0 amide bonds. The summed E-state index contributed by atoms with van der Waals surface area (Å²) in [4.78, 5) is 0. The first-order chi connectivity index (χ1) is 12.1. The van der Waals surface area contributed by atoms with E-state index in [0.717, 1.165) is 24.2 Å². The van der Waals surface area contributed by atoms with E-state index in [1.54, 1.807) is 0 Å². The van der Waals surface area contributed by atoms with Crippen LogP contribution >= 0.6 is 0 Å². The van der Waals surface area contributed by atoms with Gasteiger partial charge in [-0.05, 0) is 64.2 Å². The summed E-state index contributed by atoms with van der Waals surface area (Å²) in [6.07, 6.45) is 22.7. The van der Waals surface area contributed by atoms with Gasteiger partial charge in [0.2, 0.25) is 0 Å². The van der Waals surface area contributed by atoms with E-state index in [1.165, 1.54) is 118 Å². The predicted molar refractivity (Wildman–Crippen MR) is 107 cm³/mol. The van der Waals surface area contributed by atoms with Crippen LogP contribution in [0.5, 0.6) is 0 Å². The molecule has 25 heavy (non-hydrogen) atoms. The van der Waals surface area contributed by atoms with Gasteiger partial charge in [-0.25, -0.2) is 0 Å². The lowest BCUT2D eigenvalue weighted by Gasteiger charge is -2.45. The smallest absolute Gasteiger partial charge is 0.0892 e. The van der Waals surface area contributed by atoms with E-state index in [9.17, 15) is 0 Å². The van der Waals surface area contributed by atoms with Crippen molar-refractivity contribution in [2.45, 2.75) is 120 Å². The van der Waals surface area contributed by atoms with Gasteiger partial charge in [0, 0.05) is 25.7 Å². The Morgan fingerprint density at radius 3 is 1.16 bits per heavy atom. The molecule has 0 spiro atoms. The highest BCUT2D eigenvalue weighted by atomic mass is 15.4. The highest BCUT2D eigenvalue weighted by Gasteiger charge is 2.48. The average molecular weight is 349 g/mol. The van der Waals surface area contributed by atoms with Gasteiger partial charge in [-0.1, -0.05) is 6.42 Å². The van der Waals surface area contributed by atoms with Gasteiger partial charge < -0.3 is 8.97 Å². The van der Waals surface area contributed by atoms with Crippen LogP contribution in [0.1, 0.15) is 96.3 Å². The Labute approximate surface area is 157 Å². The lowest BCUT2D eigenvalue weighted by Crippen LogP contribution is -2.56. The molecule has 0 aromatic heterocycles. The summed E-state index contributed by atoms with van der Waals surface area (Å²) in [5.74, 6) is 0. The SMILES string of the molecule is C[N+]1(CCCCCCC[N+]2(C)[C@@H]3CCC[C@H]2CC3)[C@@H]2CCC[C@H]1CC2. The quantitative estimate of drug-likeness (QED) is 0.414. The molecule has 4 bridgehead atoms. The van der Waals surface area contributed by atoms with E-state index in [2.05, 4.69) is 14.1 Å². The van der Waals surface area contributed by atoms with Gasteiger partial charge in [0.1, 0.15) is 0 Å². The maximum atomic E-state index is 2.60. The number of piperidine rings is 2. The van der Waals surface area contributed by atoms with Crippen molar-refractivity contribution in [3.8, 4) is 0 Å². The summed E-state index contributed by atoms with van der Waals surface area (Å²) in [5.41, 5.74) is 0. The summed E-state index contributed by atoms with van der Waals surface area (Å²) in [7, 11) is 5.19. The van der Waals surface area contributed by atoms with Gasteiger partial charge in [-0.2, -0.15) is 0 Å². The molecule has 4 rings (SSSR count). The van der Waals surface area contributed by atoms with E-state index < -0.39 is 0 Å². The topological polar surface area (TPSA) is 0 Å². The lowest BCUT2D eigenvalue weighted by molar-refractivity contribution is -0.948. The zero-order valence-corrected chi connectivity index (χ0v) is 17.2. The van der Waals surface area contributed by atoms with Gasteiger partial charge in [0.05, 0.1) is 51.4 Å². The molecule has 0 saturated carbocycles. The van der Waals surface area contributed by atoms with Crippen molar-refractivity contribution in [3.05, 3.63) is 0 Å². The summed E-state index contributed by atoms with van der Waals surface area (Å²) < 4.78 is 2.91. The molecule has 4 saturated heterocycles. The van der Waals surface area contributed by atoms with Crippen molar-refractivity contribution in [1.82, 2.24) is 0 Å². The Bertz CT molecular complexity index is 373. The zero-order valence-electron chi connectivity index (χ0n) is 17.2. The normalized spacial score (nSPS) is 45.8. The van der Waals surface area contributed by atoms with Crippen LogP contribution in [0.3, 0.4) is 0 Å². The second-order valence-electron chi connectivity index (χ2n) is 10.5. The Morgan fingerprint density at radius 2 is 0.800 bits per heavy atom. The molecular formula is C23H44N2+2. The number of unbranched alkanes of at least 4 members (excludes halogenated alkanes) is 4. The summed E-state index contributed by atoms with van der Waals surface area (Å²) in [5, 5.41) is 0. The lowest BCUT2D eigenvalue weighted by atomic mass is 9.98. The van der Waals surface area contributed by atoms with Crippen LogP contribution in [0, 0.1) is 0 Å². The molecule has 4 fully saturated rings. The summed E-state index contributed by atoms with van der Waals surface area (Å²) >= 11 is 0. The second-order valence-corrected chi connectivity index (χ2v) is 10.5. The van der Waals surface area contributed by atoms with Crippen molar-refractivity contribution in [1.29, 1.82) is 0 Å². The van der Waals surface area contributed by atoms with Crippen LogP contribution in [0.4, 0.5) is 0 Å². The molecule has 0 radical (unpaired) electrons. The minimum absolute atomic E-state index is 1.03. The first-order valence-electron chi connectivity index (χ1n) is 11.8. The van der Waals surface area contributed by atoms with Crippen LogP contribution in [0.15, 0.2) is 0 Å². The van der Waals surface area contributed by atoms with Gasteiger partial charge in [0.25, 0.3) is 0 Å². The van der Waals surface area contributed by atoms with E-state index in [1.807, 2.05) is 0 Å². The van der Waals surface area contributed by atoms with Crippen LogP contribution < -0.4 is 0 Å². The van der Waals surface area contributed by atoms with Gasteiger partial charge in [-0.15, -0.1) is 0 Å². The van der Waals surface area contributed by atoms with Gasteiger partial charge in [0.15, 0.2) is 0 Å². The van der Waals surface area contributed by atoms with Crippen molar-refractivity contribution in [2.75, 3.05) is 27.2 Å². The van der Waals surface area contributed by atoms with Crippen LogP contribution in [-0.2, 0) is 0 Å². The Balaban J connectivity index is 1.12. The molecule has 0 aromatic rings. The van der Waals surface area contributed by atoms with Gasteiger partial charge in [-0.3, -0.25) is 0 Å². The van der Waals surface area contributed by atoms with Crippen molar-refractivity contribution in [3.63, 3.8) is 0 Å². The van der Waals surface area contributed by atoms with Crippen LogP contribution in [-0.4, -0.2) is 60.3 Å². The molecule has 4 heterocycles. The Morgan fingerprint density at radius 1 is 0.480 bits per heavy atom. The van der Waals surface area contributed by atoms with E-state index >= 15 is 0 Å². The number of quaternary nitrogens is 2. The first kappa shape index (κ1) is 18.3. The Kier molecular flexibility index (Phi) is 5.49. The molecule has 4 aliphatic rings. The molecule has 2 nitrogen and oxygen atoms in total. The first-order valence-corrected chi connectivity index (χ1v) is 11.8. The summed E-state index contributed by atoms with van der Waals surface area (Å²) in [6.45, 7) is 2.96. The maximum absolute atomic E-state index is 2.60. The minimum Gasteiger partial charge on any atom is -0.321 e. The molecule has 0 N–H and O–H groups in total. The Hall–Kier alpha value is -0.0800. The number of nitrogens with zero attached hydrogens (tertiary/aromatic N) is 2. The highest BCUT2D eigenvalue weighted by molar-refractivity contribution is 4.82. The molecule has 6 atom stereocenters. The molecule has 2 heteroatoms. The number of rotatable bonds is 8. The third-order valence-corrected chi connectivity index (χ3v) is 9.43. The summed E-state index contributed by atoms with van der Waals surface area (Å²) in [6, 6.07) is 4.10. The zero-order chi connectivity index (χ0) is 17.3. The third-order valence-electron chi connectivity index (χ3n) is 9.43. The van der Waals surface area contributed by atoms with Gasteiger partial charge >= 0.3 is 0 Å². The minimum atomic E-state index is 1.03. The number of hydrogen-bond donors (Lipinski definition) is 0. The monoisotopic (exact) mass is 348 g/mol. The third kappa shape index (κ3) is 3.43. The standard InChI is InChI=1S/C23H44N2/c1-24(20-10-8-11-21(24)15-14-20)18-6-4-3-5-7-19-25(2)22-12-9-13-23(25)17-16-22/h20-23H,3-19H2,1-2H3/q+2/t20-,21+,22-,23+,24?,25?.